The quantitative estimate of drug-likeness (QED) is 0.712. The van der Waals surface area contributed by atoms with Gasteiger partial charge in [-0.3, -0.25) is 0 Å². The van der Waals surface area contributed by atoms with Crippen molar-refractivity contribution in [3.8, 4) is 0 Å². The summed E-state index contributed by atoms with van der Waals surface area (Å²) in [5.74, 6) is 0.123. The average Bonchev–Trinajstić information content (AvgIpc) is 2.24. The lowest BCUT2D eigenvalue weighted by atomic mass is 9.89. The molecule has 0 bridgehead atoms. The number of halogens is 2. The molecule has 1 saturated heterocycles. The van der Waals surface area contributed by atoms with E-state index in [1.165, 1.54) is 6.07 Å². The minimum absolute atomic E-state index is 0.298. The summed E-state index contributed by atoms with van der Waals surface area (Å²) < 4.78 is 13.3. The second-order valence-corrected chi connectivity index (χ2v) is 4.60. The van der Waals surface area contributed by atoms with Gasteiger partial charge in [0.25, 0.3) is 0 Å². The van der Waals surface area contributed by atoms with Crippen LogP contribution < -0.4 is 0 Å². The maximum atomic E-state index is 13.3. The normalized spacial score (nSPS) is 19.4. The molecule has 0 aromatic heterocycles. The topological polar surface area (TPSA) is 3.24 Å². The van der Waals surface area contributed by atoms with Gasteiger partial charge in [-0.25, -0.2) is 4.39 Å². The van der Waals surface area contributed by atoms with Crippen molar-refractivity contribution >= 4 is 11.6 Å². The Hall–Kier alpha value is -0.600. The minimum Gasteiger partial charge on any atom is -0.306 e. The van der Waals surface area contributed by atoms with Crippen LogP contribution in [0.15, 0.2) is 18.2 Å². The highest BCUT2D eigenvalue weighted by Crippen LogP contribution is 2.33. The summed E-state index contributed by atoms with van der Waals surface area (Å²) in [7, 11) is 2.11. The lowest BCUT2D eigenvalue weighted by Gasteiger charge is -2.29. The third-order valence-electron chi connectivity index (χ3n) is 3.14. The van der Waals surface area contributed by atoms with Crippen LogP contribution in [0.1, 0.15) is 24.3 Å². The van der Waals surface area contributed by atoms with Crippen LogP contribution in [0.5, 0.6) is 0 Å². The number of rotatable bonds is 1. The summed E-state index contributed by atoms with van der Waals surface area (Å²) in [5.41, 5.74) is 0.977. The minimum atomic E-state index is -0.298. The second-order valence-electron chi connectivity index (χ2n) is 4.22. The Kier molecular flexibility index (Phi) is 3.27. The highest BCUT2D eigenvalue weighted by molar-refractivity contribution is 6.31. The van der Waals surface area contributed by atoms with Crippen molar-refractivity contribution in [3.63, 3.8) is 0 Å². The molecule has 1 nitrogen and oxygen atoms in total. The van der Waals surface area contributed by atoms with E-state index >= 15 is 0 Å². The molecule has 0 unspecified atom stereocenters. The molecule has 0 spiro atoms. The number of hydrogen-bond donors (Lipinski definition) is 0. The van der Waals surface area contributed by atoms with Gasteiger partial charge >= 0.3 is 0 Å². The average molecular weight is 228 g/mol. The number of benzene rings is 1. The zero-order chi connectivity index (χ0) is 10.8. The van der Waals surface area contributed by atoms with Crippen LogP contribution in [0.3, 0.4) is 0 Å². The molecule has 0 aliphatic carbocycles. The van der Waals surface area contributed by atoms with Crippen molar-refractivity contribution in [2.75, 3.05) is 20.1 Å². The van der Waals surface area contributed by atoms with Gasteiger partial charge in [-0.1, -0.05) is 23.7 Å². The summed E-state index contributed by atoms with van der Waals surface area (Å²) in [4.78, 5) is 2.30. The van der Waals surface area contributed by atoms with E-state index in [9.17, 15) is 4.39 Å². The Morgan fingerprint density at radius 1 is 1.33 bits per heavy atom. The fraction of sp³-hybridized carbons (Fsp3) is 0.500. The van der Waals surface area contributed by atoms with Crippen molar-refractivity contribution < 1.29 is 4.39 Å². The first-order valence-corrected chi connectivity index (χ1v) is 5.68. The maximum absolute atomic E-state index is 13.3. The molecule has 0 saturated carbocycles. The third kappa shape index (κ3) is 2.32. The molecule has 1 aromatic carbocycles. The summed E-state index contributed by atoms with van der Waals surface area (Å²) in [5, 5.41) is 0.312. The van der Waals surface area contributed by atoms with Crippen LogP contribution in [-0.2, 0) is 0 Å². The van der Waals surface area contributed by atoms with Crippen molar-refractivity contribution in [2.45, 2.75) is 18.8 Å². The largest absolute Gasteiger partial charge is 0.306 e. The monoisotopic (exact) mass is 227 g/mol. The lowest BCUT2D eigenvalue weighted by Crippen LogP contribution is -2.29. The molecular formula is C12H15ClFN. The van der Waals surface area contributed by atoms with Gasteiger partial charge in [-0.15, -0.1) is 0 Å². The smallest absolute Gasteiger partial charge is 0.142 e. The molecule has 0 radical (unpaired) electrons. The van der Waals surface area contributed by atoms with Gasteiger partial charge in [0.05, 0.1) is 5.02 Å². The van der Waals surface area contributed by atoms with E-state index in [1.54, 1.807) is 6.07 Å². The first kappa shape index (κ1) is 10.9. The predicted octanol–water partition coefficient (Wildman–Crippen LogP) is 3.29. The van der Waals surface area contributed by atoms with Gasteiger partial charge < -0.3 is 4.90 Å². The lowest BCUT2D eigenvalue weighted by molar-refractivity contribution is 0.255. The van der Waals surface area contributed by atoms with Crippen molar-refractivity contribution in [1.82, 2.24) is 4.90 Å². The van der Waals surface area contributed by atoms with E-state index in [0.717, 1.165) is 31.5 Å². The second kappa shape index (κ2) is 4.50. The molecule has 82 valence electrons. The fourth-order valence-electron chi connectivity index (χ4n) is 2.16. The number of likely N-dealkylation sites (tertiary alicyclic amines) is 1. The molecule has 0 atom stereocenters. The number of piperidine rings is 1. The predicted molar refractivity (Wildman–Crippen MR) is 60.9 cm³/mol. The standard InChI is InChI=1S/C12H15ClFN/c1-15-7-5-9(6-8-15)10-3-2-4-11(14)12(10)13/h2-4,9H,5-8H2,1H3. The summed E-state index contributed by atoms with van der Waals surface area (Å²) >= 11 is 5.97. The van der Waals surface area contributed by atoms with E-state index < -0.39 is 0 Å². The Bertz CT molecular complexity index is 345. The van der Waals surface area contributed by atoms with Gasteiger partial charge in [0, 0.05) is 0 Å². The van der Waals surface area contributed by atoms with E-state index in [0.29, 0.717) is 10.9 Å². The van der Waals surface area contributed by atoms with Crippen LogP contribution in [0.25, 0.3) is 0 Å². The third-order valence-corrected chi connectivity index (χ3v) is 3.54. The molecule has 0 N–H and O–H groups in total. The van der Waals surface area contributed by atoms with Gasteiger partial charge in [0.1, 0.15) is 5.82 Å². The molecule has 1 aromatic rings. The van der Waals surface area contributed by atoms with Gasteiger partial charge in [-0.05, 0) is 50.5 Å². The molecule has 1 heterocycles. The fourth-order valence-corrected chi connectivity index (χ4v) is 2.44. The van der Waals surface area contributed by atoms with Crippen LogP contribution in [0.4, 0.5) is 4.39 Å². The van der Waals surface area contributed by atoms with Crippen molar-refractivity contribution in [1.29, 1.82) is 0 Å². The Morgan fingerprint density at radius 3 is 2.67 bits per heavy atom. The highest BCUT2D eigenvalue weighted by atomic mass is 35.5. The van der Waals surface area contributed by atoms with Gasteiger partial charge in [-0.2, -0.15) is 0 Å². The first-order chi connectivity index (χ1) is 7.18. The van der Waals surface area contributed by atoms with Crippen LogP contribution in [-0.4, -0.2) is 25.0 Å². The molecule has 15 heavy (non-hydrogen) atoms. The SMILES string of the molecule is CN1CCC(c2cccc(F)c2Cl)CC1. The van der Waals surface area contributed by atoms with E-state index in [-0.39, 0.29) is 5.82 Å². The molecule has 2 rings (SSSR count). The molecular weight excluding hydrogens is 213 g/mol. The molecule has 1 fully saturated rings. The zero-order valence-electron chi connectivity index (χ0n) is 8.84. The highest BCUT2D eigenvalue weighted by Gasteiger charge is 2.21. The zero-order valence-corrected chi connectivity index (χ0v) is 9.60. The van der Waals surface area contributed by atoms with Crippen LogP contribution >= 0.6 is 11.6 Å². The Morgan fingerprint density at radius 2 is 2.00 bits per heavy atom. The van der Waals surface area contributed by atoms with Crippen LogP contribution in [0, 0.1) is 5.82 Å². The summed E-state index contributed by atoms with van der Waals surface area (Å²) in [6, 6.07) is 5.11. The van der Waals surface area contributed by atoms with Gasteiger partial charge in [0.15, 0.2) is 0 Å². The molecule has 3 heteroatoms. The Balaban J connectivity index is 2.19. The van der Waals surface area contributed by atoms with E-state index in [2.05, 4.69) is 11.9 Å². The summed E-state index contributed by atoms with van der Waals surface area (Å²) in [6.45, 7) is 2.13. The Labute approximate surface area is 94.8 Å². The molecule has 1 aliphatic rings. The van der Waals surface area contributed by atoms with E-state index in [1.807, 2.05) is 6.07 Å². The first-order valence-electron chi connectivity index (χ1n) is 5.31. The molecule has 1 aliphatic heterocycles. The van der Waals surface area contributed by atoms with Crippen molar-refractivity contribution in [3.05, 3.63) is 34.6 Å². The summed E-state index contributed by atoms with van der Waals surface area (Å²) in [6.07, 6.45) is 2.14. The number of nitrogens with zero attached hydrogens (tertiary/aromatic N) is 1. The van der Waals surface area contributed by atoms with Gasteiger partial charge in [0.2, 0.25) is 0 Å². The maximum Gasteiger partial charge on any atom is 0.142 e. The molecule has 0 amide bonds. The van der Waals surface area contributed by atoms with Crippen molar-refractivity contribution in [2.24, 2.45) is 0 Å². The number of hydrogen-bond acceptors (Lipinski definition) is 1. The van der Waals surface area contributed by atoms with Crippen LogP contribution in [0.2, 0.25) is 5.02 Å². The van der Waals surface area contributed by atoms with E-state index in [4.69, 9.17) is 11.6 Å².